The van der Waals surface area contributed by atoms with E-state index in [4.69, 9.17) is 6.58 Å². The van der Waals surface area contributed by atoms with Crippen molar-refractivity contribution in [2.24, 2.45) is 0 Å². The Morgan fingerprint density at radius 3 is 1.80 bits per heavy atom. The average Bonchev–Trinajstić information content (AvgIpc) is 1.59. The Morgan fingerprint density at radius 2 is 1.70 bits per heavy atom. The van der Waals surface area contributed by atoms with Gasteiger partial charge in [0.2, 0.25) is 0 Å². The smallest absolute Gasteiger partial charge is 0.664 e. The molecule has 0 atom stereocenters. The van der Waals surface area contributed by atoms with Crippen molar-refractivity contribution in [2.75, 3.05) is 6.54 Å². The van der Waals surface area contributed by atoms with Gasteiger partial charge in [0.25, 0.3) is 0 Å². The van der Waals surface area contributed by atoms with Crippen molar-refractivity contribution in [2.45, 2.75) is 19.6 Å². The Bertz CT molecular complexity index is 80.3. The second-order valence-electron chi connectivity index (χ2n) is 2.75. The Balaban J connectivity index is -0.000000245. The molecule has 0 bridgehead atoms. The standard InChI is InChI=1S/C6H13NSi.2Li/c1-5-6-7-8(2,3)4;;/h1,5H,6H2,2-4H3;;/q-2;2*+1. The molecule has 4 heteroatoms. The molecule has 0 aromatic heterocycles. The van der Waals surface area contributed by atoms with Gasteiger partial charge in [-0.15, -0.1) is 0 Å². The Hall–Kier alpha value is 1.11. The molecule has 0 heterocycles. The first-order chi connectivity index (χ1) is 3.56. The first-order valence-electron chi connectivity index (χ1n) is 2.78. The summed E-state index contributed by atoms with van der Waals surface area (Å²) < 4.78 is 0. The molecule has 0 fully saturated rings. The predicted molar refractivity (Wildman–Crippen MR) is 40.4 cm³/mol. The van der Waals surface area contributed by atoms with Gasteiger partial charge in [-0.1, -0.05) is 27.9 Å². The van der Waals surface area contributed by atoms with Crippen LogP contribution in [0.15, 0.2) is 6.08 Å². The van der Waals surface area contributed by atoms with Crippen LogP contribution in [0.4, 0.5) is 0 Å². The van der Waals surface area contributed by atoms with E-state index in [-0.39, 0.29) is 37.7 Å². The van der Waals surface area contributed by atoms with E-state index >= 15 is 0 Å². The average molecular weight is 141 g/mol. The van der Waals surface area contributed by atoms with Crippen molar-refractivity contribution in [1.29, 1.82) is 0 Å². The van der Waals surface area contributed by atoms with Crippen LogP contribution in [0.2, 0.25) is 19.6 Å². The van der Waals surface area contributed by atoms with Crippen molar-refractivity contribution < 1.29 is 37.7 Å². The van der Waals surface area contributed by atoms with Gasteiger partial charge in [-0.25, -0.2) is 0 Å². The van der Waals surface area contributed by atoms with Crippen LogP contribution in [0, 0.1) is 6.58 Å². The van der Waals surface area contributed by atoms with Crippen molar-refractivity contribution in [3.8, 4) is 0 Å². The van der Waals surface area contributed by atoms with Crippen LogP contribution in [-0.4, -0.2) is 14.8 Å². The minimum Gasteiger partial charge on any atom is -0.664 e. The van der Waals surface area contributed by atoms with Gasteiger partial charge in [0.1, 0.15) is 0 Å². The quantitative estimate of drug-likeness (QED) is 0.283. The van der Waals surface area contributed by atoms with Crippen LogP contribution in [0.25, 0.3) is 4.98 Å². The normalized spacial score (nSPS) is 9.10. The summed E-state index contributed by atoms with van der Waals surface area (Å²) in [6, 6.07) is 0. The molecule has 0 spiro atoms. The maximum atomic E-state index is 5.14. The molecule has 0 N–H and O–H groups in total. The monoisotopic (exact) mass is 141 g/mol. The number of nitrogens with zero attached hydrogens (tertiary/aromatic N) is 1. The van der Waals surface area contributed by atoms with Gasteiger partial charge < -0.3 is 11.6 Å². The third-order valence-corrected chi connectivity index (χ3v) is 1.80. The fraction of sp³-hybridized carbons (Fsp3) is 0.667. The fourth-order valence-corrected chi connectivity index (χ4v) is 0.980. The molecule has 0 aliphatic rings. The molecular weight excluding hydrogens is 128 g/mol. The maximum absolute atomic E-state index is 5.14. The summed E-state index contributed by atoms with van der Waals surface area (Å²) in [4.78, 5) is 4.33. The van der Waals surface area contributed by atoms with E-state index in [9.17, 15) is 0 Å². The Morgan fingerprint density at radius 1 is 1.30 bits per heavy atom. The minimum atomic E-state index is -1.16. The van der Waals surface area contributed by atoms with Crippen molar-refractivity contribution >= 4 is 8.24 Å². The van der Waals surface area contributed by atoms with E-state index in [1.54, 1.807) is 6.08 Å². The van der Waals surface area contributed by atoms with Crippen molar-refractivity contribution in [1.82, 2.24) is 0 Å². The van der Waals surface area contributed by atoms with E-state index in [0.717, 1.165) is 6.54 Å². The summed E-state index contributed by atoms with van der Waals surface area (Å²) in [6.07, 6.45) is 1.60. The summed E-state index contributed by atoms with van der Waals surface area (Å²) in [7, 11) is -1.16. The summed E-state index contributed by atoms with van der Waals surface area (Å²) in [5.41, 5.74) is 0. The molecule has 0 aromatic rings. The minimum absolute atomic E-state index is 0. The topological polar surface area (TPSA) is 14.1 Å². The van der Waals surface area contributed by atoms with E-state index in [1.807, 2.05) is 0 Å². The molecule has 0 aliphatic heterocycles. The number of hydrogen-bond acceptors (Lipinski definition) is 0. The van der Waals surface area contributed by atoms with Crippen LogP contribution in [0.5, 0.6) is 0 Å². The van der Waals surface area contributed by atoms with E-state index in [1.165, 1.54) is 0 Å². The van der Waals surface area contributed by atoms with Gasteiger partial charge in [-0.3, -0.25) is 6.08 Å². The molecule has 0 rings (SSSR count). The van der Waals surface area contributed by atoms with Crippen molar-refractivity contribution in [3.63, 3.8) is 0 Å². The maximum Gasteiger partial charge on any atom is 1.00 e. The van der Waals surface area contributed by atoms with Gasteiger partial charge >= 0.3 is 37.7 Å². The molecule has 0 saturated carbocycles. The zero-order valence-electron chi connectivity index (χ0n) is 7.81. The molecule has 10 heavy (non-hydrogen) atoms. The van der Waals surface area contributed by atoms with Crippen LogP contribution in [0.3, 0.4) is 0 Å². The van der Waals surface area contributed by atoms with Gasteiger partial charge in [0.05, 0.1) is 0 Å². The largest absolute Gasteiger partial charge is 1.00 e. The van der Waals surface area contributed by atoms with Crippen LogP contribution >= 0.6 is 0 Å². The predicted octanol–water partition coefficient (Wildman–Crippen LogP) is -3.81. The van der Waals surface area contributed by atoms with Gasteiger partial charge in [0.15, 0.2) is 0 Å². The summed E-state index contributed by atoms with van der Waals surface area (Å²) in [5, 5.41) is 0. The molecule has 0 radical (unpaired) electrons. The van der Waals surface area contributed by atoms with E-state index in [0.29, 0.717) is 0 Å². The van der Waals surface area contributed by atoms with Crippen molar-refractivity contribution in [3.05, 3.63) is 17.6 Å². The molecule has 0 saturated heterocycles. The molecular formula is C6H13Li2NSi. The second kappa shape index (κ2) is 8.21. The number of hydrogen-bond donors (Lipinski definition) is 0. The molecule has 0 unspecified atom stereocenters. The molecule has 48 valence electrons. The molecule has 0 aliphatic carbocycles. The molecule has 0 aromatic carbocycles. The van der Waals surface area contributed by atoms with Gasteiger partial charge in [0, 0.05) is 0 Å². The Kier molecular flexibility index (Phi) is 14.2. The zero-order chi connectivity index (χ0) is 6.62. The third kappa shape index (κ3) is 16.1. The second-order valence-corrected chi connectivity index (χ2v) is 7.41. The number of rotatable bonds is 3. The summed E-state index contributed by atoms with van der Waals surface area (Å²) in [6.45, 7) is 12.4. The first kappa shape index (κ1) is 17.3. The summed E-state index contributed by atoms with van der Waals surface area (Å²) >= 11 is 0. The van der Waals surface area contributed by atoms with E-state index < -0.39 is 8.24 Å². The van der Waals surface area contributed by atoms with Gasteiger partial charge in [-0.05, 0) is 0 Å². The Labute approximate surface area is 89.5 Å². The summed E-state index contributed by atoms with van der Waals surface area (Å²) in [5.74, 6) is 0. The van der Waals surface area contributed by atoms with Gasteiger partial charge in [-0.2, -0.15) is 6.54 Å². The molecule has 0 amide bonds. The third-order valence-electron chi connectivity index (χ3n) is 0.671. The van der Waals surface area contributed by atoms with Crippen LogP contribution in [-0.2, 0) is 0 Å². The van der Waals surface area contributed by atoms with Crippen LogP contribution < -0.4 is 37.7 Å². The SMILES string of the molecule is [CH-]=CC[N-][Si](C)(C)C.[Li+].[Li+]. The van der Waals surface area contributed by atoms with E-state index in [2.05, 4.69) is 24.6 Å². The fourth-order valence-electron chi connectivity index (χ4n) is 0.327. The first-order valence-corrected chi connectivity index (χ1v) is 6.23. The molecule has 1 nitrogen and oxygen atoms in total. The van der Waals surface area contributed by atoms with Crippen LogP contribution in [0.1, 0.15) is 0 Å². The zero-order valence-corrected chi connectivity index (χ0v) is 8.81.